The largest absolute Gasteiger partial charge is 0.439 e. The van der Waals surface area contributed by atoms with Crippen LogP contribution in [-0.4, -0.2) is 14.5 Å². The summed E-state index contributed by atoms with van der Waals surface area (Å²) < 4.78 is 23.8. The summed E-state index contributed by atoms with van der Waals surface area (Å²) in [5.74, 6) is 1.76. The van der Waals surface area contributed by atoms with E-state index in [0.29, 0.717) is 29.5 Å². The molecule has 3 aromatic carbocycles. The van der Waals surface area contributed by atoms with Crippen LogP contribution in [0.15, 0.2) is 115 Å². The van der Waals surface area contributed by atoms with Crippen molar-refractivity contribution >= 4 is 21.8 Å². The number of ether oxygens (including phenoxy) is 1. The molecular weight excluding hydrogens is 394 g/mol. The lowest BCUT2D eigenvalue weighted by atomic mass is 10.0. The summed E-state index contributed by atoms with van der Waals surface area (Å²) in [5, 5.41) is 2.26. The lowest BCUT2D eigenvalue weighted by Crippen LogP contribution is -1.96. The highest BCUT2D eigenvalue weighted by atomic mass is 16.5. The van der Waals surface area contributed by atoms with Gasteiger partial charge in [0.15, 0.2) is 0 Å². The van der Waals surface area contributed by atoms with Gasteiger partial charge in [-0.05, 0) is 53.6 Å². The van der Waals surface area contributed by atoms with Crippen molar-refractivity contribution in [1.82, 2.24) is 14.5 Å². The molecule has 0 amide bonds. The van der Waals surface area contributed by atoms with Crippen LogP contribution in [0.25, 0.3) is 38.8 Å². The Labute approximate surface area is 188 Å². The molecule has 0 spiro atoms. The Morgan fingerprint density at radius 2 is 1.47 bits per heavy atom. The molecule has 152 valence electrons. The quantitative estimate of drug-likeness (QED) is 0.310. The Morgan fingerprint density at radius 1 is 0.656 bits per heavy atom. The van der Waals surface area contributed by atoms with Crippen LogP contribution >= 0.6 is 0 Å². The minimum Gasteiger partial charge on any atom is -0.439 e. The molecule has 0 aliphatic rings. The van der Waals surface area contributed by atoms with Gasteiger partial charge in [0.05, 0.1) is 13.8 Å². The second kappa shape index (κ2) is 7.67. The molecule has 0 aliphatic carbocycles. The van der Waals surface area contributed by atoms with Crippen molar-refractivity contribution in [2.75, 3.05) is 0 Å². The third-order valence-electron chi connectivity index (χ3n) is 5.46. The standard InChI is InChI=1S/C28H19N3O/c1-2-11-25-23(10-1)24-15-14-21(19-26(24)31(25)27-12-3-5-16-29-27)20-8-7-9-22(18-20)32-28-13-4-6-17-30-28/h1-19H/i3D,4D. The molecule has 0 unspecified atom stereocenters. The van der Waals surface area contributed by atoms with Gasteiger partial charge in [-0.3, -0.25) is 4.57 Å². The summed E-state index contributed by atoms with van der Waals surface area (Å²) in [5.41, 5.74) is 4.10. The first-order valence-electron chi connectivity index (χ1n) is 11.3. The molecule has 0 saturated carbocycles. The summed E-state index contributed by atoms with van der Waals surface area (Å²) in [7, 11) is 0. The van der Waals surface area contributed by atoms with E-state index in [1.165, 1.54) is 0 Å². The lowest BCUT2D eigenvalue weighted by molar-refractivity contribution is 0.463. The maximum absolute atomic E-state index is 8.08. The molecule has 3 aromatic heterocycles. The number of hydrogen-bond donors (Lipinski definition) is 0. The van der Waals surface area contributed by atoms with Gasteiger partial charge in [-0.25, -0.2) is 9.97 Å². The third kappa shape index (κ3) is 3.19. The molecule has 0 saturated heterocycles. The van der Waals surface area contributed by atoms with E-state index in [1.54, 1.807) is 36.7 Å². The summed E-state index contributed by atoms with van der Waals surface area (Å²) in [4.78, 5) is 8.74. The monoisotopic (exact) mass is 415 g/mol. The Balaban J connectivity index is 1.49. The Kier molecular flexibility index (Phi) is 3.90. The molecule has 32 heavy (non-hydrogen) atoms. The summed E-state index contributed by atoms with van der Waals surface area (Å²) in [6.45, 7) is 0. The third-order valence-corrected chi connectivity index (χ3v) is 5.46. The fourth-order valence-electron chi connectivity index (χ4n) is 4.06. The van der Waals surface area contributed by atoms with Crippen LogP contribution in [0.1, 0.15) is 2.74 Å². The molecule has 0 atom stereocenters. The normalized spacial score (nSPS) is 12.0. The molecule has 0 radical (unpaired) electrons. The summed E-state index contributed by atoms with van der Waals surface area (Å²) >= 11 is 0. The van der Waals surface area contributed by atoms with E-state index in [2.05, 4.69) is 44.9 Å². The van der Waals surface area contributed by atoms with E-state index in [0.717, 1.165) is 32.9 Å². The van der Waals surface area contributed by atoms with Gasteiger partial charge >= 0.3 is 0 Å². The van der Waals surface area contributed by atoms with Crippen LogP contribution in [0.5, 0.6) is 11.6 Å². The van der Waals surface area contributed by atoms with E-state index in [-0.39, 0.29) is 0 Å². The number of fused-ring (bicyclic) bond motifs is 3. The highest BCUT2D eigenvalue weighted by Crippen LogP contribution is 2.35. The van der Waals surface area contributed by atoms with Crippen LogP contribution in [0.2, 0.25) is 0 Å². The second-order valence-electron chi connectivity index (χ2n) is 7.42. The van der Waals surface area contributed by atoms with E-state index >= 15 is 0 Å². The highest BCUT2D eigenvalue weighted by Gasteiger charge is 2.13. The number of para-hydroxylation sites is 1. The first-order chi connectivity index (χ1) is 16.7. The molecule has 6 aromatic rings. The first kappa shape index (κ1) is 16.3. The Hall–Kier alpha value is -4.44. The topological polar surface area (TPSA) is 39.9 Å². The highest BCUT2D eigenvalue weighted by molar-refractivity contribution is 6.10. The van der Waals surface area contributed by atoms with E-state index in [1.807, 2.05) is 36.4 Å². The predicted molar refractivity (Wildman–Crippen MR) is 128 cm³/mol. The lowest BCUT2D eigenvalue weighted by Gasteiger charge is -2.09. The van der Waals surface area contributed by atoms with Gasteiger partial charge in [-0.15, -0.1) is 0 Å². The average Bonchev–Trinajstić information content (AvgIpc) is 3.18. The molecule has 4 heteroatoms. The van der Waals surface area contributed by atoms with Gasteiger partial charge in [0.1, 0.15) is 11.6 Å². The summed E-state index contributed by atoms with van der Waals surface area (Å²) in [6, 6.07) is 29.9. The SMILES string of the molecule is [2H]c1ccnc(Oc2cccc(-c3ccc4c5ccccc5n(-c5cc([2H])ccn5)c4c3)c2)c1. The number of pyridine rings is 2. The number of nitrogens with zero attached hydrogens (tertiary/aromatic N) is 3. The zero-order valence-electron chi connectivity index (χ0n) is 19.1. The van der Waals surface area contributed by atoms with Crippen molar-refractivity contribution in [2.24, 2.45) is 0 Å². The van der Waals surface area contributed by atoms with Gasteiger partial charge < -0.3 is 4.74 Å². The number of hydrogen-bond acceptors (Lipinski definition) is 3. The minimum atomic E-state index is 0.352. The minimum absolute atomic E-state index is 0.352. The number of aromatic nitrogens is 3. The molecule has 3 heterocycles. The van der Waals surface area contributed by atoms with Crippen molar-refractivity contribution in [3.05, 3.63) is 115 Å². The molecule has 0 aliphatic heterocycles. The van der Waals surface area contributed by atoms with Crippen LogP contribution in [0.4, 0.5) is 0 Å². The van der Waals surface area contributed by atoms with Crippen LogP contribution < -0.4 is 4.74 Å². The van der Waals surface area contributed by atoms with Gasteiger partial charge in [-0.2, -0.15) is 0 Å². The van der Waals surface area contributed by atoms with Crippen molar-refractivity contribution in [1.29, 1.82) is 0 Å². The van der Waals surface area contributed by atoms with Crippen LogP contribution in [-0.2, 0) is 0 Å². The van der Waals surface area contributed by atoms with Crippen molar-refractivity contribution in [3.8, 4) is 28.6 Å². The Morgan fingerprint density at radius 3 is 2.38 bits per heavy atom. The fraction of sp³-hybridized carbons (Fsp3) is 0. The van der Waals surface area contributed by atoms with E-state index in [4.69, 9.17) is 7.48 Å². The van der Waals surface area contributed by atoms with Gasteiger partial charge in [0.25, 0.3) is 0 Å². The van der Waals surface area contributed by atoms with Gasteiger partial charge in [-0.1, -0.05) is 54.5 Å². The molecular formula is C28H19N3O. The molecule has 0 N–H and O–H groups in total. The van der Waals surface area contributed by atoms with Gasteiger partial charge in [0.2, 0.25) is 5.88 Å². The van der Waals surface area contributed by atoms with Crippen molar-refractivity contribution in [2.45, 2.75) is 0 Å². The smallest absolute Gasteiger partial charge is 0.219 e. The van der Waals surface area contributed by atoms with Gasteiger partial charge in [0, 0.05) is 29.2 Å². The van der Waals surface area contributed by atoms with E-state index in [9.17, 15) is 0 Å². The zero-order chi connectivity index (χ0) is 23.1. The maximum atomic E-state index is 8.08. The predicted octanol–water partition coefficient (Wildman–Crippen LogP) is 7.03. The number of rotatable bonds is 4. The first-order valence-corrected chi connectivity index (χ1v) is 10.3. The fourth-order valence-corrected chi connectivity index (χ4v) is 4.06. The van der Waals surface area contributed by atoms with Crippen molar-refractivity contribution in [3.63, 3.8) is 0 Å². The molecule has 6 rings (SSSR count). The summed E-state index contributed by atoms with van der Waals surface area (Å²) in [6.07, 6.45) is 3.23. The number of benzene rings is 3. The Bertz CT molecular complexity index is 1680. The molecule has 4 nitrogen and oxygen atoms in total. The average molecular weight is 415 g/mol. The maximum Gasteiger partial charge on any atom is 0.219 e. The van der Waals surface area contributed by atoms with Crippen molar-refractivity contribution < 1.29 is 7.48 Å². The molecule has 0 fully saturated rings. The van der Waals surface area contributed by atoms with Crippen LogP contribution in [0, 0.1) is 0 Å². The second-order valence-corrected chi connectivity index (χ2v) is 7.42. The zero-order valence-corrected chi connectivity index (χ0v) is 17.1. The molecule has 0 bridgehead atoms. The van der Waals surface area contributed by atoms with Crippen LogP contribution in [0.3, 0.4) is 0 Å². The van der Waals surface area contributed by atoms with E-state index < -0.39 is 0 Å².